The molecule has 0 aromatic rings. The molecule has 1 rings (SSSR count). The predicted molar refractivity (Wildman–Crippen MR) is 69.5 cm³/mol. The molecule has 0 aromatic carbocycles. The van der Waals surface area contributed by atoms with Gasteiger partial charge in [-0.2, -0.15) is 5.26 Å². The van der Waals surface area contributed by atoms with Crippen molar-refractivity contribution in [1.82, 2.24) is 5.32 Å². The minimum atomic E-state index is -0.439. The van der Waals surface area contributed by atoms with Crippen LogP contribution >= 0.6 is 0 Å². The lowest BCUT2D eigenvalue weighted by atomic mass is 9.89. The summed E-state index contributed by atoms with van der Waals surface area (Å²) < 4.78 is 0. The van der Waals surface area contributed by atoms with Gasteiger partial charge in [0.1, 0.15) is 0 Å². The molecule has 0 heterocycles. The summed E-state index contributed by atoms with van der Waals surface area (Å²) in [5.74, 6) is 0. The first-order chi connectivity index (χ1) is 7.97. The van der Waals surface area contributed by atoms with Gasteiger partial charge in [0, 0.05) is 6.54 Å². The van der Waals surface area contributed by atoms with Crippen molar-refractivity contribution >= 4 is 0 Å². The Morgan fingerprint density at radius 1 is 1.29 bits per heavy atom. The first kappa shape index (κ1) is 14.5. The van der Waals surface area contributed by atoms with E-state index in [1.54, 1.807) is 0 Å². The van der Waals surface area contributed by atoms with E-state index in [2.05, 4.69) is 11.4 Å². The standard InChI is InChI=1S/C14H26N2O/c1-13(2,11-15)7-5-6-10-16-12-14(17)8-3-4-9-14/h16-17H,3-10,12H2,1-2H3. The number of aliphatic hydroxyl groups is 1. The molecule has 3 nitrogen and oxygen atoms in total. The van der Waals surface area contributed by atoms with Gasteiger partial charge in [0.15, 0.2) is 0 Å². The van der Waals surface area contributed by atoms with Crippen LogP contribution in [0.1, 0.15) is 58.8 Å². The highest BCUT2D eigenvalue weighted by atomic mass is 16.3. The monoisotopic (exact) mass is 238 g/mol. The second-order valence-electron chi connectivity index (χ2n) is 6.06. The van der Waals surface area contributed by atoms with Crippen LogP contribution in [0.25, 0.3) is 0 Å². The molecular weight excluding hydrogens is 212 g/mol. The van der Waals surface area contributed by atoms with Crippen molar-refractivity contribution in [3.8, 4) is 6.07 Å². The zero-order valence-electron chi connectivity index (χ0n) is 11.3. The van der Waals surface area contributed by atoms with Crippen molar-refractivity contribution in [2.75, 3.05) is 13.1 Å². The van der Waals surface area contributed by atoms with E-state index in [0.29, 0.717) is 0 Å². The van der Waals surface area contributed by atoms with Gasteiger partial charge in [0.2, 0.25) is 0 Å². The van der Waals surface area contributed by atoms with Crippen LogP contribution in [0.15, 0.2) is 0 Å². The molecule has 1 fully saturated rings. The Hall–Kier alpha value is -0.590. The zero-order valence-corrected chi connectivity index (χ0v) is 11.3. The first-order valence-corrected chi connectivity index (χ1v) is 6.82. The number of nitrogens with zero attached hydrogens (tertiary/aromatic N) is 1. The Bertz CT molecular complexity index is 262. The van der Waals surface area contributed by atoms with Gasteiger partial charge in [-0.15, -0.1) is 0 Å². The molecule has 3 heteroatoms. The van der Waals surface area contributed by atoms with E-state index in [4.69, 9.17) is 5.26 Å². The molecule has 0 atom stereocenters. The number of nitriles is 1. The first-order valence-electron chi connectivity index (χ1n) is 6.82. The van der Waals surface area contributed by atoms with Gasteiger partial charge >= 0.3 is 0 Å². The van der Waals surface area contributed by atoms with Crippen LogP contribution in [0.4, 0.5) is 0 Å². The Morgan fingerprint density at radius 3 is 2.53 bits per heavy atom. The van der Waals surface area contributed by atoms with Gasteiger partial charge in [-0.25, -0.2) is 0 Å². The maximum Gasteiger partial charge on any atom is 0.0771 e. The molecular formula is C14H26N2O. The topological polar surface area (TPSA) is 56.0 Å². The molecule has 1 aliphatic rings. The Kier molecular flexibility index (Phi) is 5.42. The summed E-state index contributed by atoms with van der Waals surface area (Å²) in [6.45, 7) is 5.65. The number of hydrogen-bond acceptors (Lipinski definition) is 3. The lowest BCUT2D eigenvalue weighted by Crippen LogP contribution is -2.38. The van der Waals surface area contributed by atoms with Crippen molar-refractivity contribution in [2.45, 2.75) is 64.4 Å². The lowest BCUT2D eigenvalue weighted by Gasteiger charge is -2.22. The minimum Gasteiger partial charge on any atom is -0.389 e. The number of rotatable bonds is 7. The third-order valence-corrected chi connectivity index (χ3v) is 3.70. The second-order valence-corrected chi connectivity index (χ2v) is 6.06. The van der Waals surface area contributed by atoms with E-state index in [0.717, 1.165) is 58.0 Å². The van der Waals surface area contributed by atoms with Gasteiger partial charge in [0.05, 0.1) is 17.1 Å². The Labute approximate surface area is 105 Å². The van der Waals surface area contributed by atoms with E-state index >= 15 is 0 Å². The van der Waals surface area contributed by atoms with Crippen LogP contribution in [0.3, 0.4) is 0 Å². The second kappa shape index (κ2) is 6.37. The average molecular weight is 238 g/mol. The fourth-order valence-corrected chi connectivity index (χ4v) is 2.40. The fraction of sp³-hybridized carbons (Fsp3) is 0.929. The molecule has 0 spiro atoms. The normalized spacial score (nSPS) is 19.2. The predicted octanol–water partition coefficient (Wildman–Crippen LogP) is 2.60. The van der Waals surface area contributed by atoms with E-state index in [9.17, 15) is 5.11 Å². The average Bonchev–Trinajstić information content (AvgIpc) is 2.71. The van der Waals surface area contributed by atoms with Gasteiger partial charge in [-0.3, -0.25) is 0 Å². The quantitative estimate of drug-likeness (QED) is 0.670. The van der Waals surface area contributed by atoms with E-state index < -0.39 is 5.60 Å². The van der Waals surface area contributed by atoms with Crippen LogP contribution < -0.4 is 5.32 Å². The lowest BCUT2D eigenvalue weighted by molar-refractivity contribution is 0.0478. The number of hydrogen-bond donors (Lipinski definition) is 2. The van der Waals surface area contributed by atoms with Crippen molar-refractivity contribution in [3.63, 3.8) is 0 Å². The maximum absolute atomic E-state index is 10.1. The summed E-state index contributed by atoms with van der Waals surface area (Å²) in [7, 11) is 0. The van der Waals surface area contributed by atoms with Gasteiger partial charge in [-0.05, 0) is 46.1 Å². The molecule has 0 saturated heterocycles. The largest absolute Gasteiger partial charge is 0.389 e. The van der Waals surface area contributed by atoms with Crippen LogP contribution in [-0.4, -0.2) is 23.8 Å². The summed E-state index contributed by atoms with van der Waals surface area (Å²) in [4.78, 5) is 0. The molecule has 0 unspecified atom stereocenters. The Balaban J connectivity index is 2.00. The van der Waals surface area contributed by atoms with E-state index in [1.165, 1.54) is 0 Å². The SMILES string of the molecule is CC(C)(C#N)CCCCNCC1(O)CCCC1. The molecule has 0 radical (unpaired) electrons. The van der Waals surface area contributed by atoms with Crippen molar-refractivity contribution in [2.24, 2.45) is 5.41 Å². The summed E-state index contributed by atoms with van der Waals surface area (Å²) in [5, 5.41) is 22.3. The Morgan fingerprint density at radius 2 is 1.94 bits per heavy atom. The van der Waals surface area contributed by atoms with Gasteiger partial charge in [0.25, 0.3) is 0 Å². The van der Waals surface area contributed by atoms with E-state index in [-0.39, 0.29) is 5.41 Å². The van der Waals surface area contributed by atoms with Gasteiger partial charge in [-0.1, -0.05) is 19.3 Å². The minimum absolute atomic E-state index is 0.191. The summed E-state index contributed by atoms with van der Waals surface area (Å²) >= 11 is 0. The van der Waals surface area contributed by atoms with Crippen molar-refractivity contribution < 1.29 is 5.11 Å². The zero-order chi connectivity index (χ0) is 12.8. The summed E-state index contributed by atoms with van der Waals surface area (Å²) in [5.41, 5.74) is -0.629. The third-order valence-electron chi connectivity index (χ3n) is 3.70. The van der Waals surface area contributed by atoms with E-state index in [1.807, 2.05) is 13.8 Å². The molecule has 0 aliphatic heterocycles. The highest BCUT2D eigenvalue weighted by Crippen LogP contribution is 2.28. The van der Waals surface area contributed by atoms with Crippen LogP contribution in [0, 0.1) is 16.7 Å². The highest BCUT2D eigenvalue weighted by Gasteiger charge is 2.30. The van der Waals surface area contributed by atoms with Crippen LogP contribution in [0.5, 0.6) is 0 Å². The number of nitrogens with one attached hydrogen (secondary N) is 1. The van der Waals surface area contributed by atoms with Crippen LogP contribution in [0.2, 0.25) is 0 Å². The van der Waals surface area contributed by atoms with Crippen molar-refractivity contribution in [1.29, 1.82) is 5.26 Å². The summed E-state index contributed by atoms with van der Waals surface area (Å²) in [6.07, 6.45) is 7.33. The fourth-order valence-electron chi connectivity index (χ4n) is 2.40. The molecule has 17 heavy (non-hydrogen) atoms. The molecule has 98 valence electrons. The van der Waals surface area contributed by atoms with Crippen LogP contribution in [-0.2, 0) is 0 Å². The molecule has 0 amide bonds. The highest BCUT2D eigenvalue weighted by molar-refractivity contribution is 4.91. The smallest absolute Gasteiger partial charge is 0.0771 e. The molecule has 1 saturated carbocycles. The molecule has 0 bridgehead atoms. The van der Waals surface area contributed by atoms with Gasteiger partial charge < -0.3 is 10.4 Å². The molecule has 2 N–H and O–H groups in total. The van der Waals surface area contributed by atoms with Crippen molar-refractivity contribution in [3.05, 3.63) is 0 Å². The molecule has 1 aliphatic carbocycles. The molecule has 0 aromatic heterocycles. The number of unbranched alkanes of at least 4 members (excludes halogenated alkanes) is 1. The summed E-state index contributed by atoms with van der Waals surface area (Å²) in [6, 6.07) is 2.32. The third kappa shape index (κ3) is 5.52. The maximum atomic E-state index is 10.1.